The topological polar surface area (TPSA) is 88.9 Å². The zero-order valence-electron chi connectivity index (χ0n) is 16.4. The lowest BCUT2D eigenvalue weighted by molar-refractivity contribution is -0.113. The van der Waals surface area contributed by atoms with Gasteiger partial charge in [-0.3, -0.25) is 9.59 Å². The number of aromatic nitrogens is 3. The Balaban J connectivity index is 1.57. The normalized spacial score (nSPS) is 10.7. The molecule has 0 spiro atoms. The van der Waals surface area contributed by atoms with Crippen molar-refractivity contribution in [2.75, 3.05) is 11.1 Å². The maximum Gasteiger partial charge on any atom is 0.253 e. The average molecular weight is 482 g/mol. The van der Waals surface area contributed by atoms with Crippen LogP contribution < -0.4 is 10.6 Å². The molecule has 0 atom stereocenters. The summed E-state index contributed by atoms with van der Waals surface area (Å²) in [5.74, 6) is -0.346. The van der Waals surface area contributed by atoms with Gasteiger partial charge in [-0.1, -0.05) is 35.0 Å². The first-order valence-corrected chi connectivity index (χ1v) is 10.9. The van der Waals surface area contributed by atoms with Crippen LogP contribution in [0.3, 0.4) is 0 Å². The molecule has 0 fully saturated rings. The summed E-state index contributed by atoms with van der Waals surface area (Å²) in [5, 5.41) is 14.9. The van der Waals surface area contributed by atoms with E-state index in [1.807, 2.05) is 6.92 Å². The monoisotopic (exact) mass is 481 g/mol. The van der Waals surface area contributed by atoms with Gasteiger partial charge in [0.05, 0.1) is 22.9 Å². The van der Waals surface area contributed by atoms with Gasteiger partial charge in [-0.2, -0.15) is 0 Å². The Kier molecular flexibility index (Phi) is 7.89. The van der Waals surface area contributed by atoms with E-state index in [9.17, 15) is 14.0 Å². The number of benzene rings is 2. The molecule has 0 aliphatic heterocycles. The third-order valence-corrected chi connectivity index (χ3v) is 5.67. The second-order valence-corrected chi connectivity index (χ2v) is 8.08. The maximum atomic E-state index is 13.0. The molecular formula is C20H18Cl2FN5O2S. The van der Waals surface area contributed by atoms with Gasteiger partial charge in [0.25, 0.3) is 5.91 Å². The number of rotatable bonds is 8. The van der Waals surface area contributed by atoms with Crippen LogP contribution in [0.4, 0.5) is 10.1 Å². The summed E-state index contributed by atoms with van der Waals surface area (Å²) in [5.41, 5.74) is 0.814. The molecule has 31 heavy (non-hydrogen) atoms. The van der Waals surface area contributed by atoms with Crippen molar-refractivity contribution in [2.45, 2.75) is 25.2 Å². The SMILES string of the molecule is CCn1c(CNC(=O)c2ccc(Cl)cc2Cl)nnc1SCC(=O)Nc1ccc(F)cc1. The summed E-state index contributed by atoms with van der Waals surface area (Å²) in [6.45, 7) is 2.61. The highest BCUT2D eigenvalue weighted by Gasteiger charge is 2.16. The highest BCUT2D eigenvalue weighted by Crippen LogP contribution is 2.21. The fourth-order valence-corrected chi connectivity index (χ4v) is 3.98. The first-order valence-electron chi connectivity index (χ1n) is 9.21. The molecular weight excluding hydrogens is 464 g/mol. The van der Waals surface area contributed by atoms with Crippen molar-refractivity contribution in [1.82, 2.24) is 20.1 Å². The molecule has 3 rings (SSSR count). The number of hydrogen-bond acceptors (Lipinski definition) is 5. The fourth-order valence-electron chi connectivity index (χ4n) is 2.66. The number of carbonyl (C=O) groups excluding carboxylic acids is 2. The number of amides is 2. The summed E-state index contributed by atoms with van der Waals surface area (Å²) in [6, 6.07) is 10.1. The van der Waals surface area contributed by atoms with Crippen molar-refractivity contribution in [3.63, 3.8) is 0 Å². The molecule has 0 radical (unpaired) electrons. The largest absolute Gasteiger partial charge is 0.345 e. The van der Waals surface area contributed by atoms with Gasteiger partial charge in [-0.25, -0.2) is 4.39 Å². The molecule has 2 N–H and O–H groups in total. The Hall–Kier alpha value is -2.62. The molecule has 162 valence electrons. The molecule has 0 saturated heterocycles. The smallest absolute Gasteiger partial charge is 0.253 e. The van der Waals surface area contributed by atoms with Crippen LogP contribution in [0.25, 0.3) is 0 Å². The van der Waals surface area contributed by atoms with Crippen LogP contribution in [0.2, 0.25) is 10.0 Å². The number of nitrogens with zero attached hydrogens (tertiary/aromatic N) is 3. The van der Waals surface area contributed by atoms with Crippen molar-refractivity contribution < 1.29 is 14.0 Å². The minimum Gasteiger partial charge on any atom is -0.345 e. The minimum absolute atomic E-state index is 0.0995. The number of nitrogens with one attached hydrogen (secondary N) is 2. The van der Waals surface area contributed by atoms with Crippen LogP contribution in [0.15, 0.2) is 47.6 Å². The van der Waals surface area contributed by atoms with E-state index in [4.69, 9.17) is 23.2 Å². The number of carbonyl (C=O) groups is 2. The van der Waals surface area contributed by atoms with E-state index in [1.54, 1.807) is 16.7 Å². The van der Waals surface area contributed by atoms with Crippen LogP contribution >= 0.6 is 35.0 Å². The van der Waals surface area contributed by atoms with Gasteiger partial charge in [0.15, 0.2) is 11.0 Å². The van der Waals surface area contributed by atoms with E-state index in [0.29, 0.717) is 33.8 Å². The van der Waals surface area contributed by atoms with Gasteiger partial charge in [0, 0.05) is 17.3 Å². The molecule has 0 aliphatic carbocycles. The maximum absolute atomic E-state index is 13.0. The van der Waals surface area contributed by atoms with Gasteiger partial charge in [-0.05, 0) is 49.4 Å². The third kappa shape index (κ3) is 6.19. The van der Waals surface area contributed by atoms with Gasteiger partial charge in [0.1, 0.15) is 5.82 Å². The van der Waals surface area contributed by atoms with Crippen molar-refractivity contribution in [3.05, 3.63) is 69.7 Å². The average Bonchev–Trinajstić information content (AvgIpc) is 3.14. The van der Waals surface area contributed by atoms with Crippen molar-refractivity contribution in [2.24, 2.45) is 0 Å². The molecule has 7 nitrogen and oxygen atoms in total. The van der Waals surface area contributed by atoms with Gasteiger partial charge >= 0.3 is 0 Å². The van der Waals surface area contributed by atoms with Crippen LogP contribution in [0, 0.1) is 5.82 Å². The lowest BCUT2D eigenvalue weighted by Gasteiger charge is -2.09. The number of halogens is 3. The van der Waals surface area contributed by atoms with Crippen LogP contribution in [0.1, 0.15) is 23.1 Å². The van der Waals surface area contributed by atoms with Crippen molar-refractivity contribution >= 4 is 52.5 Å². The molecule has 1 heterocycles. The van der Waals surface area contributed by atoms with Crippen LogP contribution in [0.5, 0.6) is 0 Å². The molecule has 0 unspecified atom stereocenters. The van der Waals surface area contributed by atoms with Crippen LogP contribution in [-0.4, -0.2) is 32.3 Å². The highest BCUT2D eigenvalue weighted by molar-refractivity contribution is 7.99. The minimum atomic E-state index is -0.374. The Bertz CT molecular complexity index is 1090. The molecule has 3 aromatic rings. The van der Waals surface area contributed by atoms with E-state index in [-0.39, 0.29) is 35.0 Å². The third-order valence-electron chi connectivity index (χ3n) is 4.15. The number of thioether (sulfide) groups is 1. The van der Waals surface area contributed by atoms with E-state index in [2.05, 4.69) is 20.8 Å². The van der Waals surface area contributed by atoms with Crippen molar-refractivity contribution in [3.8, 4) is 0 Å². The predicted octanol–water partition coefficient (Wildman–Crippen LogP) is 4.40. The Labute approximate surface area is 192 Å². The molecule has 2 aromatic carbocycles. The Morgan fingerprint density at radius 1 is 1.13 bits per heavy atom. The summed E-state index contributed by atoms with van der Waals surface area (Å²) in [6.07, 6.45) is 0. The molecule has 0 aliphatic rings. The second kappa shape index (κ2) is 10.6. The van der Waals surface area contributed by atoms with Gasteiger partial charge in [0.2, 0.25) is 5.91 Å². The second-order valence-electron chi connectivity index (χ2n) is 6.29. The lowest BCUT2D eigenvalue weighted by Crippen LogP contribution is -2.25. The summed E-state index contributed by atoms with van der Waals surface area (Å²) in [4.78, 5) is 24.5. The molecule has 11 heteroatoms. The number of hydrogen-bond donors (Lipinski definition) is 2. The quantitative estimate of drug-likeness (QED) is 0.465. The standard InChI is InChI=1S/C20H18Cl2FN5O2S/c1-2-28-17(10-24-19(30)15-8-3-12(21)9-16(15)22)26-27-20(28)31-11-18(29)25-14-6-4-13(23)5-7-14/h3-9H,2,10-11H2,1H3,(H,24,30)(H,25,29). The fraction of sp³-hybridized carbons (Fsp3) is 0.200. The molecule has 0 saturated carbocycles. The number of anilines is 1. The van der Waals surface area contributed by atoms with E-state index in [1.165, 1.54) is 42.1 Å². The first-order chi connectivity index (χ1) is 14.9. The van der Waals surface area contributed by atoms with E-state index < -0.39 is 0 Å². The summed E-state index contributed by atoms with van der Waals surface area (Å²) < 4.78 is 14.8. The summed E-state index contributed by atoms with van der Waals surface area (Å²) >= 11 is 13.1. The van der Waals surface area contributed by atoms with Crippen molar-refractivity contribution in [1.29, 1.82) is 0 Å². The lowest BCUT2D eigenvalue weighted by atomic mass is 10.2. The zero-order chi connectivity index (χ0) is 22.4. The predicted molar refractivity (Wildman–Crippen MR) is 119 cm³/mol. The first kappa shape index (κ1) is 23.1. The Morgan fingerprint density at radius 3 is 2.55 bits per heavy atom. The van der Waals surface area contributed by atoms with Crippen LogP contribution in [-0.2, 0) is 17.9 Å². The summed E-state index contributed by atoms with van der Waals surface area (Å²) in [7, 11) is 0. The molecule has 2 amide bonds. The Morgan fingerprint density at radius 2 is 1.87 bits per heavy atom. The zero-order valence-corrected chi connectivity index (χ0v) is 18.7. The van der Waals surface area contributed by atoms with Gasteiger partial charge in [-0.15, -0.1) is 10.2 Å². The highest BCUT2D eigenvalue weighted by atomic mass is 35.5. The molecule has 1 aromatic heterocycles. The van der Waals surface area contributed by atoms with E-state index >= 15 is 0 Å². The molecule has 0 bridgehead atoms. The van der Waals surface area contributed by atoms with Gasteiger partial charge < -0.3 is 15.2 Å². The van der Waals surface area contributed by atoms with E-state index in [0.717, 1.165) is 0 Å².